The fourth-order valence-electron chi connectivity index (χ4n) is 4.89. The monoisotopic (exact) mass is 706 g/mol. The molecule has 9 nitrogen and oxygen atoms in total. The number of fused-ring (bicyclic) bond motifs is 2. The van der Waals surface area contributed by atoms with Gasteiger partial charge in [-0.15, -0.1) is 22.7 Å². The minimum absolute atomic E-state index is 0.312. The zero-order chi connectivity index (χ0) is 33.6. The van der Waals surface area contributed by atoms with E-state index in [0.717, 1.165) is 39.5 Å². The number of piperidine rings is 1. The van der Waals surface area contributed by atoms with Crippen molar-refractivity contribution in [1.82, 2.24) is 10.2 Å². The molecule has 1 amide bonds. The van der Waals surface area contributed by atoms with Crippen LogP contribution in [0.2, 0.25) is 10.0 Å². The Morgan fingerprint density at radius 3 is 1.98 bits per heavy atom. The van der Waals surface area contributed by atoms with E-state index in [2.05, 4.69) is 23.5 Å². The van der Waals surface area contributed by atoms with Crippen LogP contribution in [0.25, 0.3) is 25.7 Å². The molecule has 4 aromatic rings. The van der Waals surface area contributed by atoms with Gasteiger partial charge in [-0.3, -0.25) is 0 Å². The van der Waals surface area contributed by atoms with Crippen LogP contribution in [0, 0.1) is 0 Å². The average molecular weight is 708 g/mol. The van der Waals surface area contributed by atoms with Crippen LogP contribution < -0.4 is 5.32 Å². The summed E-state index contributed by atoms with van der Waals surface area (Å²) in [6.07, 6.45) is 4.11. The summed E-state index contributed by atoms with van der Waals surface area (Å²) in [6.45, 7) is 8.61. The van der Waals surface area contributed by atoms with Crippen molar-refractivity contribution in [3.63, 3.8) is 0 Å². The van der Waals surface area contributed by atoms with Crippen LogP contribution in [-0.4, -0.2) is 70.0 Å². The van der Waals surface area contributed by atoms with Gasteiger partial charge in [-0.1, -0.05) is 29.3 Å². The van der Waals surface area contributed by atoms with Crippen LogP contribution in [0.1, 0.15) is 49.8 Å². The van der Waals surface area contributed by atoms with E-state index >= 15 is 0 Å². The van der Waals surface area contributed by atoms with E-state index in [-0.39, 0.29) is 6.09 Å². The van der Waals surface area contributed by atoms with E-state index < -0.39 is 23.1 Å². The van der Waals surface area contributed by atoms with E-state index in [1.165, 1.54) is 20.5 Å². The molecule has 4 heterocycles. The standard InChI is InChI=1S/C18H22ClNO3S.C13H12ClNS.C2H2O4/c1-17(2,3)23-16(21)20-8-6-18(22,7-9-20)15-11-12-10-13(19)4-5-14(12)24-15;14-11-1-2-12-10(7-11)8-13(16-12)9-3-5-15-6-4-9;3-1(4)2(5)6/h4-5,10-11,22H,6-9H2,1-3H3;1-3,7-8,15H,4-6H2;(H,3,4)(H,5,6). The van der Waals surface area contributed by atoms with Crippen molar-refractivity contribution in [1.29, 1.82) is 0 Å². The molecule has 0 saturated carbocycles. The fourth-order valence-corrected chi connectivity index (χ4v) is 7.56. The first kappa shape index (κ1) is 35.7. The second kappa shape index (κ2) is 15.1. The number of halogens is 2. The molecule has 0 unspecified atom stereocenters. The molecule has 0 bridgehead atoms. The molecule has 0 spiro atoms. The van der Waals surface area contributed by atoms with Gasteiger partial charge in [0.25, 0.3) is 0 Å². The van der Waals surface area contributed by atoms with Gasteiger partial charge in [-0.25, -0.2) is 14.4 Å². The third-order valence-electron chi connectivity index (χ3n) is 7.22. The molecule has 46 heavy (non-hydrogen) atoms. The highest BCUT2D eigenvalue weighted by Crippen LogP contribution is 2.40. The smallest absolute Gasteiger partial charge is 0.414 e. The van der Waals surface area contributed by atoms with Crippen LogP contribution >= 0.6 is 45.9 Å². The average Bonchev–Trinajstić information content (AvgIpc) is 3.62. The largest absolute Gasteiger partial charge is 0.473 e. The quantitative estimate of drug-likeness (QED) is 0.155. The predicted molar refractivity (Wildman–Crippen MR) is 185 cm³/mol. The molecule has 2 aliphatic rings. The lowest BCUT2D eigenvalue weighted by Crippen LogP contribution is -2.46. The van der Waals surface area contributed by atoms with Gasteiger partial charge in [0.2, 0.25) is 0 Å². The zero-order valence-electron chi connectivity index (χ0n) is 25.6. The number of benzene rings is 2. The number of ether oxygens (including phenoxy) is 1. The van der Waals surface area contributed by atoms with Gasteiger partial charge < -0.3 is 30.3 Å². The Morgan fingerprint density at radius 2 is 1.46 bits per heavy atom. The SMILES string of the molecule is CC(C)(C)OC(=O)N1CCC(O)(c2cc3cc(Cl)ccc3s2)CC1.Clc1ccc2sc(C3=CCNCC3)cc2c1.O=C(O)C(=O)O. The summed E-state index contributed by atoms with van der Waals surface area (Å²) in [5, 5.41) is 33.0. The Hall–Kier alpha value is -3.19. The number of aliphatic carboxylic acids is 2. The third-order valence-corrected chi connectivity index (χ3v) is 10.2. The first-order valence-corrected chi connectivity index (χ1v) is 17.0. The Labute approximate surface area is 285 Å². The molecular formula is C33H36Cl2N2O7S2. The van der Waals surface area contributed by atoms with Crippen LogP contribution in [0.15, 0.2) is 54.6 Å². The molecule has 1 saturated heterocycles. The predicted octanol–water partition coefficient (Wildman–Crippen LogP) is 7.86. The number of likely N-dealkylation sites (tertiary alicyclic amines) is 1. The molecule has 0 radical (unpaired) electrons. The summed E-state index contributed by atoms with van der Waals surface area (Å²) in [4.78, 5) is 34.3. The molecule has 1 fully saturated rings. The number of nitrogens with zero attached hydrogens (tertiary/aromatic N) is 1. The number of aliphatic hydroxyl groups is 1. The molecule has 2 aromatic carbocycles. The van der Waals surface area contributed by atoms with Crippen LogP contribution in [-0.2, 0) is 19.9 Å². The van der Waals surface area contributed by atoms with Gasteiger partial charge in [-0.2, -0.15) is 0 Å². The second-order valence-corrected chi connectivity index (χ2v) is 14.9. The second-order valence-electron chi connectivity index (χ2n) is 11.9. The van der Waals surface area contributed by atoms with Crippen molar-refractivity contribution in [3.05, 3.63) is 74.4 Å². The van der Waals surface area contributed by atoms with Crippen LogP contribution in [0.4, 0.5) is 4.79 Å². The molecule has 246 valence electrons. The van der Waals surface area contributed by atoms with E-state index in [0.29, 0.717) is 31.0 Å². The number of rotatable bonds is 2. The fraction of sp³-hybridized carbons (Fsp3) is 0.364. The minimum atomic E-state index is -1.82. The lowest BCUT2D eigenvalue weighted by Gasteiger charge is -2.38. The van der Waals surface area contributed by atoms with E-state index in [1.807, 2.05) is 68.5 Å². The molecule has 0 aliphatic carbocycles. The Balaban J connectivity index is 0.000000187. The summed E-state index contributed by atoms with van der Waals surface area (Å²) < 4.78 is 7.83. The molecule has 2 aromatic heterocycles. The first-order valence-electron chi connectivity index (χ1n) is 14.6. The zero-order valence-corrected chi connectivity index (χ0v) is 28.8. The van der Waals surface area contributed by atoms with Crippen molar-refractivity contribution in [2.45, 2.75) is 51.2 Å². The van der Waals surface area contributed by atoms with Crippen LogP contribution in [0.5, 0.6) is 0 Å². The van der Waals surface area contributed by atoms with E-state index in [1.54, 1.807) is 16.2 Å². The Bertz CT molecular complexity index is 1740. The molecule has 6 rings (SSSR count). The molecule has 2 aliphatic heterocycles. The topological polar surface area (TPSA) is 136 Å². The van der Waals surface area contributed by atoms with Gasteiger partial charge in [0.05, 0.1) is 0 Å². The summed E-state index contributed by atoms with van der Waals surface area (Å²) >= 11 is 15.5. The van der Waals surface area contributed by atoms with Crippen molar-refractivity contribution in [2.24, 2.45) is 0 Å². The van der Waals surface area contributed by atoms with Crippen molar-refractivity contribution >= 4 is 89.7 Å². The number of thiophene rings is 2. The molecule has 13 heteroatoms. The summed E-state index contributed by atoms with van der Waals surface area (Å²) in [5.41, 5.74) is 0.0700. The maximum absolute atomic E-state index is 12.1. The number of carbonyl (C=O) groups excluding carboxylic acids is 1. The van der Waals surface area contributed by atoms with Gasteiger partial charge in [-0.05, 0) is 111 Å². The maximum atomic E-state index is 12.1. The molecule has 4 N–H and O–H groups in total. The van der Waals surface area contributed by atoms with E-state index in [9.17, 15) is 9.90 Å². The first-order chi connectivity index (χ1) is 21.6. The number of amides is 1. The number of hydrogen-bond acceptors (Lipinski definition) is 8. The highest BCUT2D eigenvalue weighted by molar-refractivity contribution is 7.20. The number of carbonyl (C=O) groups is 3. The molecular weight excluding hydrogens is 671 g/mol. The summed E-state index contributed by atoms with van der Waals surface area (Å²) in [7, 11) is 0. The van der Waals surface area contributed by atoms with Gasteiger partial charge in [0.15, 0.2) is 0 Å². The minimum Gasteiger partial charge on any atom is -0.473 e. The summed E-state index contributed by atoms with van der Waals surface area (Å²) in [6, 6.07) is 16.1. The Kier molecular flexibility index (Phi) is 11.7. The third kappa shape index (κ3) is 9.66. The Morgan fingerprint density at radius 1 is 0.891 bits per heavy atom. The van der Waals surface area contributed by atoms with Gasteiger partial charge in [0.1, 0.15) is 11.2 Å². The lowest BCUT2D eigenvalue weighted by atomic mass is 9.90. The van der Waals surface area contributed by atoms with Crippen molar-refractivity contribution < 1.29 is 34.4 Å². The van der Waals surface area contributed by atoms with Crippen molar-refractivity contribution in [3.8, 4) is 0 Å². The number of nitrogens with one attached hydrogen (secondary N) is 1. The van der Waals surface area contributed by atoms with Gasteiger partial charge >= 0.3 is 18.0 Å². The highest BCUT2D eigenvalue weighted by atomic mass is 35.5. The normalized spacial score (nSPS) is 16.0. The maximum Gasteiger partial charge on any atom is 0.414 e. The highest BCUT2D eigenvalue weighted by Gasteiger charge is 2.38. The molecule has 0 atom stereocenters. The van der Waals surface area contributed by atoms with E-state index in [4.69, 9.17) is 47.7 Å². The lowest BCUT2D eigenvalue weighted by molar-refractivity contribution is -0.159. The van der Waals surface area contributed by atoms with Crippen LogP contribution in [0.3, 0.4) is 0 Å². The number of carboxylic acids is 2. The number of hydrogen-bond donors (Lipinski definition) is 4. The van der Waals surface area contributed by atoms with Crippen molar-refractivity contribution in [2.75, 3.05) is 26.2 Å². The summed E-state index contributed by atoms with van der Waals surface area (Å²) in [5.74, 6) is -3.65. The number of carboxylic acid groups (broad SMARTS) is 2. The van der Waals surface area contributed by atoms with Gasteiger partial charge in [0, 0.05) is 48.8 Å².